The lowest BCUT2D eigenvalue weighted by molar-refractivity contribution is -0.135. The summed E-state index contributed by atoms with van der Waals surface area (Å²) in [4.78, 5) is 47.5. The van der Waals surface area contributed by atoms with Gasteiger partial charge in [-0.05, 0) is 100 Å². The van der Waals surface area contributed by atoms with Crippen LogP contribution in [0.2, 0.25) is 0 Å². The zero-order chi connectivity index (χ0) is 28.1. The first-order chi connectivity index (χ1) is 19.9. The maximum atomic E-state index is 13.6. The van der Waals surface area contributed by atoms with Crippen LogP contribution in [-0.4, -0.2) is 77.0 Å². The summed E-state index contributed by atoms with van der Waals surface area (Å²) in [7, 11) is 0. The number of benzene rings is 1. The van der Waals surface area contributed by atoms with E-state index in [2.05, 4.69) is 20.1 Å². The highest BCUT2D eigenvalue weighted by Crippen LogP contribution is 2.61. The van der Waals surface area contributed by atoms with Gasteiger partial charge in [0.2, 0.25) is 11.8 Å². The first kappa shape index (κ1) is 27.1. The highest BCUT2D eigenvalue weighted by atomic mass is 16.5. The Bertz CT molecular complexity index is 1360. The molecule has 2 saturated heterocycles. The number of hydrogen-bond donors (Lipinski definition) is 1. The largest absolute Gasteiger partial charge is 0.491 e. The summed E-state index contributed by atoms with van der Waals surface area (Å²) in [6.07, 6.45) is 10.9. The fourth-order valence-corrected chi connectivity index (χ4v) is 9.25. The summed E-state index contributed by atoms with van der Waals surface area (Å²) in [5.74, 6) is 3.27. The SMILES string of the molecule is Cc1nc2cccc(OCCN3CCN(CCC45CC6CC(CC(C6)C4)C5)CC3)c2c(=O)n1C1CCC(=O)NC1=O. The molecule has 1 aromatic carbocycles. The van der Waals surface area contributed by atoms with Gasteiger partial charge in [0.05, 0.1) is 5.52 Å². The molecule has 1 atom stereocenters. The molecule has 4 bridgehead atoms. The van der Waals surface area contributed by atoms with E-state index in [1.165, 1.54) is 56.1 Å². The number of aromatic nitrogens is 2. The second-order valence-electron chi connectivity index (χ2n) is 13.7. The van der Waals surface area contributed by atoms with E-state index >= 15 is 0 Å². The van der Waals surface area contributed by atoms with Gasteiger partial charge in [-0.15, -0.1) is 0 Å². The number of ether oxygens (including phenoxy) is 1. The Balaban J connectivity index is 0.940. The van der Waals surface area contributed by atoms with E-state index in [4.69, 9.17) is 4.74 Å². The molecule has 1 unspecified atom stereocenters. The molecule has 41 heavy (non-hydrogen) atoms. The van der Waals surface area contributed by atoms with Crippen molar-refractivity contribution >= 4 is 22.7 Å². The number of nitrogens with one attached hydrogen (secondary N) is 1. The summed E-state index contributed by atoms with van der Waals surface area (Å²) < 4.78 is 7.59. The van der Waals surface area contributed by atoms with Crippen LogP contribution in [0.25, 0.3) is 10.9 Å². The standard InChI is InChI=1S/C32H43N5O4/c1-21-33-25-3-2-4-27(29(25)31(40)37(21)26-5-6-28(38)34-30(26)39)41-14-13-36-11-9-35(10-12-36)8-7-32-18-22-15-23(19-32)17-24(16-22)20-32/h2-4,22-24,26H,5-20H2,1H3,(H,34,38,39). The summed E-state index contributed by atoms with van der Waals surface area (Å²) in [5.41, 5.74) is 0.911. The van der Waals surface area contributed by atoms with E-state index in [0.29, 0.717) is 34.5 Å². The first-order valence-corrected chi connectivity index (χ1v) is 15.8. The van der Waals surface area contributed by atoms with Gasteiger partial charge in [0, 0.05) is 39.1 Å². The highest BCUT2D eigenvalue weighted by Gasteiger charge is 2.50. The monoisotopic (exact) mass is 561 g/mol. The average Bonchev–Trinajstić information content (AvgIpc) is 2.93. The van der Waals surface area contributed by atoms with Crippen molar-refractivity contribution in [3.8, 4) is 5.75 Å². The van der Waals surface area contributed by atoms with Gasteiger partial charge in [-0.25, -0.2) is 4.98 Å². The minimum absolute atomic E-state index is 0.202. The van der Waals surface area contributed by atoms with E-state index in [9.17, 15) is 14.4 Å². The molecule has 2 aliphatic heterocycles. The Morgan fingerprint density at radius 2 is 1.61 bits per heavy atom. The third-order valence-corrected chi connectivity index (χ3v) is 10.8. The van der Waals surface area contributed by atoms with Gasteiger partial charge in [0.25, 0.3) is 5.56 Å². The van der Waals surface area contributed by atoms with E-state index < -0.39 is 11.9 Å². The van der Waals surface area contributed by atoms with Crippen LogP contribution in [0.1, 0.15) is 69.7 Å². The Morgan fingerprint density at radius 1 is 0.951 bits per heavy atom. The molecular weight excluding hydrogens is 518 g/mol. The molecular formula is C32H43N5O4. The van der Waals surface area contributed by atoms with Crippen molar-refractivity contribution < 1.29 is 14.3 Å². The Kier molecular flexibility index (Phi) is 7.14. The van der Waals surface area contributed by atoms with E-state index in [-0.39, 0.29) is 24.3 Å². The lowest BCUT2D eigenvalue weighted by Gasteiger charge is -2.57. The Hall–Kier alpha value is -2.78. The summed E-state index contributed by atoms with van der Waals surface area (Å²) in [6.45, 7) is 8.57. The molecule has 4 saturated carbocycles. The fraction of sp³-hybridized carbons (Fsp3) is 0.688. The second kappa shape index (κ2) is 10.8. The minimum atomic E-state index is -0.746. The van der Waals surface area contributed by atoms with Gasteiger partial charge in [0.15, 0.2) is 0 Å². The smallest absolute Gasteiger partial charge is 0.265 e. The predicted molar refractivity (Wildman–Crippen MR) is 156 cm³/mol. The second-order valence-corrected chi connectivity index (χ2v) is 13.7. The van der Waals surface area contributed by atoms with Gasteiger partial charge < -0.3 is 9.64 Å². The zero-order valence-electron chi connectivity index (χ0n) is 24.3. The quantitative estimate of drug-likeness (QED) is 0.494. The fourth-order valence-electron chi connectivity index (χ4n) is 9.25. The number of hydrogen-bond acceptors (Lipinski definition) is 7. The molecule has 3 heterocycles. The van der Waals surface area contributed by atoms with E-state index in [1.54, 1.807) is 19.1 Å². The first-order valence-electron chi connectivity index (χ1n) is 15.8. The summed E-state index contributed by atoms with van der Waals surface area (Å²) in [5, 5.41) is 2.74. The topological polar surface area (TPSA) is 96.8 Å². The van der Waals surface area contributed by atoms with Gasteiger partial charge in [-0.3, -0.25) is 29.2 Å². The summed E-state index contributed by atoms with van der Waals surface area (Å²) >= 11 is 0. The average molecular weight is 562 g/mol. The highest BCUT2D eigenvalue weighted by molar-refractivity contribution is 5.99. The van der Waals surface area contributed by atoms with E-state index in [1.807, 2.05) is 6.07 Å². The molecule has 0 spiro atoms. The zero-order valence-corrected chi connectivity index (χ0v) is 24.3. The van der Waals surface area contributed by atoms with Gasteiger partial charge in [-0.2, -0.15) is 0 Å². The third-order valence-electron chi connectivity index (χ3n) is 10.8. The normalized spacial score (nSPS) is 32.0. The molecule has 0 radical (unpaired) electrons. The number of piperazine rings is 1. The van der Waals surface area contributed by atoms with Crippen LogP contribution in [-0.2, 0) is 9.59 Å². The lowest BCUT2D eigenvalue weighted by Crippen LogP contribution is -2.50. The third kappa shape index (κ3) is 5.31. The molecule has 9 nitrogen and oxygen atoms in total. The van der Waals surface area contributed by atoms with Crippen molar-refractivity contribution in [3.05, 3.63) is 34.4 Å². The molecule has 2 amide bonds. The van der Waals surface area contributed by atoms with E-state index in [0.717, 1.165) is 50.5 Å². The molecule has 6 aliphatic rings. The van der Waals surface area contributed by atoms with Crippen LogP contribution >= 0.6 is 0 Å². The molecule has 6 fully saturated rings. The van der Waals surface area contributed by atoms with Gasteiger partial charge >= 0.3 is 0 Å². The molecule has 2 aromatic rings. The van der Waals surface area contributed by atoms with Crippen LogP contribution in [0.3, 0.4) is 0 Å². The number of nitrogens with zero attached hydrogens (tertiary/aromatic N) is 4. The number of rotatable bonds is 8. The van der Waals surface area contributed by atoms with Gasteiger partial charge in [0.1, 0.15) is 29.6 Å². The predicted octanol–water partition coefficient (Wildman–Crippen LogP) is 3.29. The van der Waals surface area contributed by atoms with Crippen LogP contribution in [0.4, 0.5) is 0 Å². The number of fused-ring (bicyclic) bond motifs is 1. The molecule has 1 aromatic heterocycles. The van der Waals surface area contributed by atoms with Crippen molar-refractivity contribution in [2.75, 3.05) is 45.9 Å². The van der Waals surface area contributed by atoms with Crippen LogP contribution < -0.4 is 15.6 Å². The van der Waals surface area contributed by atoms with Crippen LogP contribution in [0.5, 0.6) is 5.75 Å². The number of amides is 2. The number of piperidine rings is 1. The maximum Gasteiger partial charge on any atom is 0.265 e. The van der Waals surface area contributed by atoms with Crippen molar-refractivity contribution in [1.82, 2.24) is 24.7 Å². The maximum absolute atomic E-state index is 13.6. The Labute approximate surface area is 241 Å². The van der Waals surface area contributed by atoms with Crippen LogP contribution in [0.15, 0.2) is 23.0 Å². The molecule has 9 heteroatoms. The molecule has 1 N–H and O–H groups in total. The number of imide groups is 1. The van der Waals surface area contributed by atoms with Crippen molar-refractivity contribution in [3.63, 3.8) is 0 Å². The van der Waals surface area contributed by atoms with Gasteiger partial charge in [-0.1, -0.05) is 6.07 Å². The molecule has 8 rings (SSSR count). The van der Waals surface area contributed by atoms with Crippen molar-refractivity contribution in [1.29, 1.82) is 0 Å². The lowest BCUT2D eigenvalue weighted by atomic mass is 9.49. The minimum Gasteiger partial charge on any atom is -0.491 e. The van der Waals surface area contributed by atoms with Crippen molar-refractivity contribution in [2.45, 2.75) is 70.8 Å². The summed E-state index contributed by atoms with van der Waals surface area (Å²) in [6, 6.07) is 4.71. The number of aryl methyl sites for hydroxylation is 1. The Morgan fingerprint density at radius 3 is 2.27 bits per heavy atom. The van der Waals surface area contributed by atoms with Crippen molar-refractivity contribution in [2.24, 2.45) is 23.2 Å². The molecule has 220 valence electrons. The molecule has 4 aliphatic carbocycles. The van der Waals surface area contributed by atoms with Crippen LogP contribution in [0, 0.1) is 30.1 Å². The number of carbonyl (C=O) groups excluding carboxylic acids is 2. The number of carbonyl (C=O) groups is 2.